The van der Waals surface area contributed by atoms with E-state index in [4.69, 9.17) is 4.74 Å². The standard InChI is InChI=1S/C19H29N3O2/c1-14-5-4-10-21(11-14)19(23)20-17-6-8-18(9-7-17)22-12-15(2)24-16(3)13-22/h6-9,14-16H,4-5,10-13H2,1-3H3,(H,20,23)/t14-,15-,16+/m1/s1. The number of hydrogen-bond acceptors (Lipinski definition) is 3. The Balaban J connectivity index is 1.59. The Kier molecular flexibility index (Phi) is 5.29. The summed E-state index contributed by atoms with van der Waals surface area (Å²) in [6.07, 6.45) is 2.80. The molecule has 0 radical (unpaired) electrons. The number of carbonyl (C=O) groups excluding carboxylic acids is 1. The average Bonchev–Trinajstić information content (AvgIpc) is 2.54. The molecule has 5 heteroatoms. The number of piperidine rings is 1. The van der Waals surface area contributed by atoms with E-state index in [1.807, 2.05) is 17.0 Å². The van der Waals surface area contributed by atoms with Gasteiger partial charge in [-0.05, 0) is 56.9 Å². The predicted octanol–water partition coefficient (Wildman–Crippen LogP) is 3.56. The quantitative estimate of drug-likeness (QED) is 0.901. The van der Waals surface area contributed by atoms with Gasteiger partial charge >= 0.3 is 6.03 Å². The molecule has 3 rings (SSSR count). The molecule has 0 aromatic heterocycles. The molecule has 0 unspecified atom stereocenters. The largest absolute Gasteiger partial charge is 0.372 e. The summed E-state index contributed by atoms with van der Waals surface area (Å²) in [6.45, 7) is 9.95. The molecule has 132 valence electrons. The molecule has 1 aromatic rings. The lowest BCUT2D eigenvalue weighted by molar-refractivity contribution is -0.00521. The lowest BCUT2D eigenvalue weighted by Crippen LogP contribution is -2.45. The molecule has 2 amide bonds. The van der Waals surface area contributed by atoms with Gasteiger partial charge in [-0.15, -0.1) is 0 Å². The summed E-state index contributed by atoms with van der Waals surface area (Å²) in [6, 6.07) is 8.16. The van der Waals surface area contributed by atoms with Crippen LogP contribution in [0.5, 0.6) is 0 Å². The number of benzene rings is 1. The van der Waals surface area contributed by atoms with Gasteiger partial charge in [0.25, 0.3) is 0 Å². The summed E-state index contributed by atoms with van der Waals surface area (Å²) in [4.78, 5) is 16.6. The van der Waals surface area contributed by atoms with Gasteiger partial charge in [0, 0.05) is 37.6 Å². The molecule has 2 heterocycles. The monoisotopic (exact) mass is 331 g/mol. The van der Waals surface area contributed by atoms with Crippen LogP contribution in [0.2, 0.25) is 0 Å². The SMILES string of the molecule is C[C@@H]1CCCN(C(=O)Nc2ccc(N3C[C@@H](C)O[C@@H](C)C3)cc2)C1. The minimum atomic E-state index is 0.0166. The second-order valence-corrected chi connectivity index (χ2v) is 7.33. The van der Waals surface area contributed by atoms with E-state index in [2.05, 4.69) is 43.1 Å². The molecule has 0 bridgehead atoms. The molecule has 24 heavy (non-hydrogen) atoms. The molecule has 1 aromatic carbocycles. The summed E-state index contributed by atoms with van der Waals surface area (Å²) in [5.74, 6) is 0.595. The van der Waals surface area contributed by atoms with Crippen molar-refractivity contribution in [2.45, 2.75) is 45.8 Å². The Hall–Kier alpha value is -1.75. The first kappa shape index (κ1) is 17.1. The van der Waals surface area contributed by atoms with E-state index in [-0.39, 0.29) is 18.2 Å². The van der Waals surface area contributed by atoms with Crippen molar-refractivity contribution in [3.8, 4) is 0 Å². The highest BCUT2D eigenvalue weighted by molar-refractivity contribution is 5.89. The van der Waals surface area contributed by atoms with Crippen LogP contribution in [0, 0.1) is 5.92 Å². The lowest BCUT2D eigenvalue weighted by Gasteiger charge is -2.37. The van der Waals surface area contributed by atoms with Gasteiger partial charge < -0.3 is 19.9 Å². The minimum Gasteiger partial charge on any atom is -0.372 e. The van der Waals surface area contributed by atoms with Gasteiger partial charge in [-0.25, -0.2) is 4.79 Å². The first-order valence-electron chi connectivity index (χ1n) is 9.07. The van der Waals surface area contributed by atoms with Crippen LogP contribution < -0.4 is 10.2 Å². The highest BCUT2D eigenvalue weighted by atomic mass is 16.5. The molecule has 0 spiro atoms. The second kappa shape index (κ2) is 7.43. The predicted molar refractivity (Wildman–Crippen MR) is 97.7 cm³/mol. The number of likely N-dealkylation sites (tertiary alicyclic amines) is 1. The zero-order valence-electron chi connectivity index (χ0n) is 15.0. The van der Waals surface area contributed by atoms with E-state index in [0.29, 0.717) is 5.92 Å². The van der Waals surface area contributed by atoms with E-state index in [1.165, 1.54) is 12.1 Å². The van der Waals surface area contributed by atoms with Crippen molar-refractivity contribution in [3.63, 3.8) is 0 Å². The maximum atomic E-state index is 12.4. The Morgan fingerprint density at radius 2 is 1.75 bits per heavy atom. The van der Waals surface area contributed by atoms with Crippen molar-refractivity contribution < 1.29 is 9.53 Å². The van der Waals surface area contributed by atoms with Crippen molar-refractivity contribution >= 4 is 17.4 Å². The number of ether oxygens (including phenoxy) is 1. The maximum Gasteiger partial charge on any atom is 0.321 e. The van der Waals surface area contributed by atoms with E-state index < -0.39 is 0 Å². The van der Waals surface area contributed by atoms with Crippen molar-refractivity contribution in [1.82, 2.24) is 4.90 Å². The summed E-state index contributed by atoms with van der Waals surface area (Å²) in [5, 5.41) is 3.02. The number of amides is 2. The van der Waals surface area contributed by atoms with Crippen LogP contribution >= 0.6 is 0 Å². The summed E-state index contributed by atoms with van der Waals surface area (Å²) in [7, 11) is 0. The molecule has 3 atom stereocenters. The van der Waals surface area contributed by atoms with Gasteiger partial charge in [-0.2, -0.15) is 0 Å². The smallest absolute Gasteiger partial charge is 0.321 e. The maximum absolute atomic E-state index is 12.4. The first-order valence-corrected chi connectivity index (χ1v) is 9.07. The van der Waals surface area contributed by atoms with E-state index in [0.717, 1.165) is 38.3 Å². The van der Waals surface area contributed by atoms with E-state index in [1.54, 1.807) is 0 Å². The molecular weight excluding hydrogens is 302 g/mol. The fourth-order valence-corrected chi connectivity index (χ4v) is 3.72. The summed E-state index contributed by atoms with van der Waals surface area (Å²) in [5.41, 5.74) is 2.04. The van der Waals surface area contributed by atoms with Crippen molar-refractivity contribution in [2.24, 2.45) is 5.92 Å². The number of urea groups is 1. The van der Waals surface area contributed by atoms with Crippen LogP contribution in [0.4, 0.5) is 16.2 Å². The number of anilines is 2. The average molecular weight is 331 g/mol. The molecule has 0 saturated carbocycles. The number of nitrogens with one attached hydrogen (secondary N) is 1. The molecular formula is C19H29N3O2. The first-order chi connectivity index (χ1) is 11.5. The van der Waals surface area contributed by atoms with Crippen LogP contribution in [-0.2, 0) is 4.74 Å². The normalized spacial score (nSPS) is 27.9. The number of carbonyl (C=O) groups is 1. The van der Waals surface area contributed by atoms with Crippen molar-refractivity contribution in [2.75, 3.05) is 36.4 Å². The molecule has 1 N–H and O–H groups in total. The zero-order chi connectivity index (χ0) is 17.1. The van der Waals surface area contributed by atoms with Gasteiger partial charge in [-0.3, -0.25) is 0 Å². The highest BCUT2D eigenvalue weighted by Gasteiger charge is 2.23. The van der Waals surface area contributed by atoms with Gasteiger partial charge in [0.05, 0.1) is 12.2 Å². The van der Waals surface area contributed by atoms with Gasteiger partial charge in [0.15, 0.2) is 0 Å². The van der Waals surface area contributed by atoms with Crippen LogP contribution in [0.25, 0.3) is 0 Å². The van der Waals surface area contributed by atoms with Crippen molar-refractivity contribution in [3.05, 3.63) is 24.3 Å². The molecule has 2 aliphatic rings. The van der Waals surface area contributed by atoms with Gasteiger partial charge in [0.2, 0.25) is 0 Å². The summed E-state index contributed by atoms with van der Waals surface area (Å²) < 4.78 is 5.79. The fraction of sp³-hybridized carbons (Fsp3) is 0.632. The van der Waals surface area contributed by atoms with Crippen LogP contribution in [0.1, 0.15) is 33.6 Å². The summed E-state index contributed by atoms with van der Waals surface area (Å²) >= 11 is 0. The molecule has 2 saturated heterocycles. The molecule has 2 aliphatic heterocycles. The number of morpholine rings is 1. The third kappa shape index (κ3) is 4.20. The Bertz CT molecular complexity index is 550. The topological polar surface area (TPSA) is 44.8 Å². The van der Waals surface area contributed by atoms with E-state index >= 15 is 0 Å². The van der Waals surface area contributed by atoms with Crippen LogP contribution in [0.3, 0.4) is 0 Å². The number of hydrogen-bond donors (Lipinski definition) is 1. The second-order valence-electron chi connectivity index (χ2n) is 7.33. The van der Waals surface area contributed by atoms with Gasteiger partial charge in [-0.1, -0.05) is 6.92 Å². The Morgan fingerprint density at radius 1 is 1.08 bits per heavy atom. The number of nitrogens with zero attached hydrogens (tertiary/aromatic N) is 2. The minimum absolute atomic E-state index is 0.0166. The Labute approximate surface area is 145 Å². The third-order valence-electron chi connectivity index (χ3n) is 4.85. The fourth-order valence-electron chi connectivity index (χ4n) is 3.72. The van der Waals surface area contributed by atoms with Gasteiger partial charge in [0.1, 0.15) is 0 Å². The lowest BCUT2D eigenvalue weighted by atomic mass is 10.0. The van der Waals surface area contributed by atoms with Crippen LogP contribution in [0.15, 0.2) is 24.3 Å². The van der Waals surface area contributed by atoms with Crippen molar-refractivity contribution in [1.29, 1.82) is 0 Å². The van der Waals surface area contributed by atoms with Crippen LogP contribution in [-0.4, -0.2) is 49.3 Å². The molecule has 5 nitrogen and oxygen atoms in total. The highest BCUT2D eigenvalue weighted by Crippen LogP contribution is 2.23. The third-order valence-corrected chi connectivity index (χ3v) is 4.85. The number of rotatable bonds is 2. The zero-order valence-corrected chi connectivity index (χ0v) is 15.0. The molecule has 0 aliphatic carbocycles. The molecule has 2 fully saturated rings. The Morgan fingerprint density at radius 3 is 2.38 bits per heavy atom. The van der Waals surface area contributed by atoms with E-state index in [9.17, 15) is 4.79 Å².